The third-order valence-corrected chi connectivity index (χ3v) is 3.99. The van der Waals surface area contributed by atoms with E-state index in [1.165, 1.54) is 19.1 Å². The lowest BCUT2D eigenvalue weighted by Crippen LogP contribution is -2.07. The molecule has 148 valence electrons. The number of hydrogen-bond donors (Lipinski definition) is 1. The van der Waals surface area contributed by atoms with Gasteiger partial charge in [0.15, 0.2) is 17.3 Å². The van der Waals surface area contributed by atoms with E-state index < -0.39 is 47.2 Å². The van der Waals surface area contributed by atoms with Gasteiger partial charge in [-0.15, -0.1) is 0 Å². The third-order valence-electron chi connectivity index (χ3n) is 3.99. The van der Waals surface area contributed by atoms with Gasteiger partial charge in [-0.2, -0.15) is 13.2 Å². The zero-order valence-electron chi connectivity index (χ0n) is 14.2. The number of anilines is 1. The largest absolute Gasteiger partial charge is 0.434 e. The maximum atomic E-state index is 14.4. The second-order valence-electron chi connectivity index (χ2n) is 5.88. The Morgan fingerprint density at radius 2 is 1.64 bits per heavy atom. The Balaban J connectivity index is 1.84. The molecule has 0 atom stereocenters. The Morgan fingerprint density at radius 3 is 2.25 bits per heavy atom. The van der Waals surface area contributed by atoms with Crippen LogP contribution in [0.5, 0.6) is 0 Å². The van der Waals surface area contributed by atoms with Crippen LogP contribution in [0.3, 0.4) is 0 Å². The molecule has 1 heterocycles. The molecule has 0 aliphatic carbocycles. The van der Waals surface area contributed by atoms with E-state index in [0.717, 1.165) is 16.7 Å². The molecule has 0 amide bonds. The minimum absolute atomic E-state index is 0.0733. The standard InChI is InChI=1S/C18H12F7N3/c1-9-27-16(18(23,24)25)8-28(9)15-5-2-10(6-14(15)21)26-7-11-12(19)3-4-13(20)17(11)22/h2-6,8,26H,7H2,1H3. The van der Waals surface area contributed by atoms with Gasteiger partial charge >= 0.3 is 6.18 Å². The van der Waals surface area contributed by atoms with Crippen LogP contribution in [0, 0.1) is 30.2 Å². The summed E-state index contributed by atoms with van der Waals surface area (Å²) in [6, 6.07) is 4.84. The Hall–Kier alpha value is -3.04. The Morgan fingerprint density at radius 1 is 0.964 bits per heavy atom. The minimum atomic E-state index is -4.67. The van der Waals surface area contributed by atoms with Crippen LogP contribution in [0.4, 0.5) is 36.4 Å². The van der Waals surface area contributed by atoms with E-state index >= 15 is 0 Å². The first-order valence-corrected chi connectivity index (χ1v) is 7.87. The number of nitrogens with one attached hydrogen (secondary N) is 1. The van der Waals surface area contributed by atoms with E-state index in [2.05, 4.69) is 10.3 Å². The summed E-state index contributed by atoms with van der Waals surface area (Å²) >= 11 is 0. The molecule has 0 fully saturated rings. The molecule has 0 bridgehead atoms. The molecular formula is C18H12F7N3. The smallest absolute Gasteiger partial charge is 0.381 e. The van der Waals surface area contributed by atoms with Crippen molar-refractivity contribution in [1.29, 1.82) is 0 Å². The average molecular weight is 403 g/mol. The van der Waals surface area contributed by atoms with E-state index in [0.29, 0.717) is 12.3 Å². The molecule has 3 nitrogen and oxygen atoms in total. The lowest BCUT2D eigenvalue weighted by Gasteiger charge is -2.11. The maximum Gasteiger partial charge on any atom is 0.434 e. The van der Waals surface area contributed by atoms with E-state index in [1.807, 2.05) is 0 Å². The molecule has 0 saturated carbocycles. The van der Waals surface area contributed by atoms with Gasteiger partial charge in [-0.1, -0.05) is 0 Å². The first-order chi connectivity index (χ1) is 13.1. The van der Waals surface area contributed by atoms with Gasteiger partial charge in [0.2, 0.25) is 0 Å². The normalized spacial score (nSPS) is 11.7. The van der Waals surface area contributed by atoms with Crippen molar-refractivity contribution in [1.82, 2.24) is 9.55 Å². The lowest BCUT2D eigenvalue weighted by molar-refractivity contribution is -0.141. The second-order valence-corrected chi connectivity index (χ2v) is 5.88. The number of alkyl halides is 3. The fourth-order valence-corrected chi connectivity index (χ4v) is 2.59. The molecule has 3 aromatic rings. The van der Waals surface area contributed by atoms with Crippen molar-refractivity contribution >= 4 is 5.69 Å². The molecule has 0 aliphatic rings. The Bertz CT molecular complexity index is 1020. The Kier molecular flexibility index (Phi) is 5.05. The van der Waals surface area contributed by atoms with Crippen LogP contribution >= 0.6 is 0 Å². The van der Waals surface area contributed by atoms with Crippen LogP contribution in [-0.2, 0) is 12.7 Å². The van der Waals surface area contributed by atoms with Crippen LogP contribution in [0.25, 0.3) is 5.69 Å². The average Bonchev–Trinajstić information content (AvgIpc) is 3.00. The highest BCUT2D eigenvalue weighted by molar-refractivity contribution is 5.50. The van der Waals surface area contributed by atoms with Crippen molar-refractivity contribution in [2.75, 3.05) is 5.32 Å². The summed E-state index contributed by atoms with van der Waals surface area (Å²) in [6.07, 6.45) is -4.01. The number of imidazole rings is 1. The fraction of sp³-hybridized carbons (Fsp3) is 0.167. The summed E-state index contributed by atoms with van der Waals surface area (Å²) in [7, 11) is 0. The topological polar surface area (TPSA) is 29.9 Å². The molecule has 0 unspecified atom stereocenters. The predicted octanol–water partition coefficient (Wildman–Crippen LogP) is 5.37. The minimum Gasteiger partial charge on any atom is -0.381 e. The van der Waals surface area contributed by atoms with Crippen LogP contribution in [-0.4, -0.2) is 9.55 Å². The predicted molar refractivity (Wildman–Crippen MR) is 86.9 cm³/mol. The van der Waals surface area contributed by atoms with Gasteiger partial charge in [0.25, 0.3) is 0 Å². The van der Waals surface area contributed by atoms with Crippen LogP contribution in [0.2, 0.25) is 0 Å². The number of halogens is 7. The summed E-state index contributed by atoms with van der Waals surface area (Å²) in [6.45, 7) is 0.826. The second kappa shape index (κ2) is 7.17. The van der Waals surface area contributed by atoms with Gasteiger partial charge in [0.05, 0.1) is 5.69 Å². The molecule has 2 aromatic carbocycles. The van der Waals surface area contributed by atoms with Crippen LogP contribution in [0.15, 0.2) is 36.5 Å². The van der Waals surface area contributed by atoms with Gasteiger partial charge in [-0.25, -0.2) is 22.5 Å². The summed E-state index contributed by atoms with van der Waals surface area (Å²) in [5, 5.41) is 2.54. The fourth-order valence-electron chi connectivity index (χ4n) is 2.59. The number of benzene rings is 2. The number of aryl methyl sites for hydroxylation is 1. The van der Waals surface area contributed by atoms with Crippen LogP contribution < -0.4 is 5.32 Å². The molecule has 1 N–H and O–H groups in total. The third kappa shape index (κ3) is 3.80. The zero-order valence-corrected chi connectivity index (χ0v) is 14.2. The highest BCUT2D eigenvalue weighted by Gasteiger charge is 2.34. The monoisotopic (exact) mass is 403 g/mol. The molecule has 10 heteroatoms. The summed E-state index contributed by atoms with van der Waals surface area (Å²) < 4.78 is 94.0. The molecule has 0 radical (unpaired) electrons. The molecule has 1 aromatic heterocycles. The van der Waals surface area contributed by atoms with Crippen molar-refractivity contribution in [2.24, 2.45) is 0 Å². The first-order valence-electron chi connectivity index (χ1n) is 7.87. The SMILES string of the molecule is Cc1nc(C(F)(F)F)cn1-c1ccc(NCc2c(F)ccc(F)c2F)cc1F. The van der Waals surface area contributed by atoms with Crippen molar-refractivity contribution in [3.8, 4) is 5.69 Å². The van der Waals surface area contributed by atoms with Gasteiger partial charge in [0, 0.05) is 24.0 Å². The quantitative estimate of drug-likeness (QED) is 0.469. The molecule has 0 spiro atoms. The van der Waals surface area contributed by atoms with Gasteiger partial charge in [-0.05, 0) is 37.3 Å². The van der Waals surface area contributed by atoms with E-state index in [4.69, 9.17) is 0 Å². The van der Waals surface area contributed by atoms with Crippen molar-refractivity contribution < 1.29 is 30.7 Å². The van der Waals surface area contributed by atoms with Gasteiger partial charge in [0.1, 0.15) is 17.5 Å². The Labute approximate surface area is 154 Å². The first kappa shape index (κ1) is 19.7. The van der Waals surface area contributed by atoms with Crippen molar-refractivity contribution in [2.45, 2.75) is 19.6 Å². The summed E-state index contributed by atoms with van der Waals surface area (Å²) in [5.41, 5.74) is -1.82. The number of rotatable bonds is 4. The summed E-state index contributed by atoms with van der Waals surface area (Å²) in [4.78, 5) is 3.36. The highest BCUT2D eigenvalue weighted by Crippen LogP contribution is 2.30. The number of hydrogen-bond acceptors (Lipinski definition) is 2. The molecule has 0 aliphatic heterocycles. The van der Waals surface area contributed by atoms with Gasteiger partial charge < -0.3 is 9.88 Å². The number of aromatic nitrogens is 2. The zero-order chi connectivity index (χ0) is 20.6. The van der Waals surface area contributed by atoms with Crippen LogP contribution in [0.1, 0.15) is 17.1 Å². The maximum absolute atomic E-state index is 14.4. The van der Waals surface area contributed by atoms with Gasteiger partial charge in [-0.3, -0.25) is 0 Å². The summed E-state index contributed by atoms with van der Waals surface area (Å²) in [5.74, 6) is -4.53. The lowest BCUT2D eigenvalue weighted by atomic mass is 10.1. The van der Waals surface area contributed by atoms with E-state index in [-0.39, 0.29) is 17.2 Å². The molecule has 28 heavy (non-hydrogen) atoms. The molecule has 0 saturated heterocycles. The highest BCUT2D eigenvalue weighted by atomic mass is 19.4. The molecule has 3 rings (SSSR count). The van der Waals surface area contributed by atoms with E-state index in [1.54, 1.807) is 0 Å². The van der Waals surface area contributed by atoms with Crippen molar-refractivity contribution in [3.05, 3.63) is 76.9 Å². The van der Waals surface area contributed by atoms with E-state index in [9.17, 15) is 30.7 Å². The van der Waals surface area contributed by atoms with Crippen molar-refractivity contribution in [3.63, 3.8) is 0 Å². The number of nitrogens with zero attached hydrogens (tertiary/aromatic N) is 2. The molecular weight excluding hydrogens is 391 g/mol.